The van der Waals surface area contributed by atoms with Crippen molar-refractivity contribution >= 4 is 0 Å². The molecule has 14 heavy (non-hydrogen) atoms. The maximum atomic E-state index is 5.49. The Labute approximate surface area is 89.2 Å². The van der Waals surface area contributed by atoms with Crippen LogP contribution < -0.4 is 0 Å². The van der Waals surface area contributed by atoms with Crippen molar-refractivity contribution in [3.8, 4) is 0 Å². The molecule has 0 heterocycles. The molecule has 84 valence electrons. The van der Waals surface area contributed by atoms with Gasteiger partial charge in [0.05, 0.1) is 0 Å². The van der Waals surface area contributed by atoms with Crippen LogP contribution >= 0.6 is 0 Å². The van der Waals surface area contributed by atoms with E-state index in [1.807, 2.05) is 0 Å². The normalized spacial score (nSPS) is 28.3. The highest BCUT2D eigenvalue weighted by Crippen LogP contribution is 2.32. The molecule has 0 amide bonds. The van der Waals surface area contributed by atoms with Gasteiger partial charge in [-0.3, -0.25) is 0 Å². The van der Waals surface area contributed by atoms with Crippen molar-refractivity contribution in [3.05, 3.63) is 0 Å². The smallest absolute Gasteiger partial charge is 0.0494 e. The molecule has 0 bridgehead atoms. The van der Waals surface area contributed by atoms with Gasteiger partial charge in [-0.1, -0.05) is 26.7 Å². The second kappa shape index (κ2) is 6.44. The van der Waals surface area contributed by atoms with E-state index in [-0.39, 0.29) is 0 Å². The fourth-order valence-electron chi connectivity index (χ4n) is 2.59. The van der Waals surface area contributed by atoms with Gasteiger partial charge in [-0.05, 0) is 43.9 Å². The summed E-state index contributed by atoms with van der Waals surface area (Å²) in [5.41, 5.74) is 0. The molecule has 0 aliphatic heterocycles. The van der Waals surface area contributed by atoms with Crippen molar-refractivity contribution < 1.29 is 4.74 Å². The SMILES string of the molecule is CCOC[C@H]1CC[C@H](CC(C)C)CC1. The fraction of sp³-hybridized carbons (Fsp3) is 1.00. The van der Waals surface area contributed by atoms with Crippen LogP contribution in [0.5, 0.6) is 0 Å². The van der Waals surface area contributed by atoms with E-state index in [0.717, 1.165) is 31.0 Å². The largest absolute Gasteiger partial charge is 0.381 e. The van der Waals surface area contributed by atoms with Gasteiger partial charge in [0.25, 0.3) is 0 Å². The topological polar surface area (TPSA) is 9.23 Å². The molecule has 0 N–H and O–H groups in total. The van der Waals surface area contributed by atoms with Crippen LogP contribution in [0.1, 0.15) is 52.9 Å². The molecule has 1 fully saturated rings. The first-order chi connectivity index (χ1) is 6.72. The Morgan fingerprint density at radius 2 is 1.64 bits per heavy atom. The van der Waals surface area contributed by atoms with Gasteiger partial charge in [-0.25, -0.2) is 0 Å². The quantitative estimate of drug-likeness (QED) is 0.651. The standard InChI is InChI=1S/C13H26O/c1-4-14-10-13-7-5-12(6-8-13)9-11(2)3/h11-13H,4-10H2,1-3H3/t12-,13-. The van der Waals surface area contributed by atoms with Crippen molar-refractivity contribution in [2.45, 2.75) is 52.9 Å². The summed E-state index contributed by atoms with van der Waals surface area (Å²) in [6.45, 7) is 8.65. The minimum Gasteiger partial charge on any atom is -0.381 e. The van der Waals surface area contributed by atoms with Gasteiger partial charge in [0.15, 0.2) is 0 Å². The zero-order chi connectivity index (χ0) is 10.4. The van der Waals surface area contributed by atoms with E-state index in [1.165, 1.54) is 32.1 Å². The summed E-state index contributed by atoms with van der Waals surface area (Å²) in [5, 5.41) is 0. The van der Waals surface area contributed by atoms with Gasteiger partial charge in [-0.15, -0.1) is 0 Å². The highest BCUT2D eigenvalue weighted by Gasteiger charge is 2.21. The molecule has 1 saturated carbocycles. The molecule has 1 aliphatic carbocycles. The van der Waals surface area contributed by atoms with Crippen molar-refractivity contribution in [2.75, 3.05) is 13.2 Å². The Balaban J connectivity index is 2.11. The van der Waals surface area contributed by atoms with Crippen molar-refractivity contribution in [1.82, 2.24) is 0 Å². The monoisotopic (exact) mass is 198 g/mol. The second-order valence-electron chi connectivity index (χ2n) is 5.18. The molecular formula is C13H26O. The molecule has 0 aromatic heterocycles. The molecule has 0 saturated heterocycles. The van der Waals surface area contributed by atoms with Crippen LogP contribution in [0.2, 0.25) is 0 Å². The first-order valence-electron chi connectivity index (χ1n) is 6.30. The van der Waals surface area contributed by atoms with Crippen LogP contribution in [0, 0.1) is 17.8 Å². The minimum atomic E-state index is 0.860. The third kappa shape index (κ3) is 4.45. The molecular weight excluding hydrogens is 172 g/mol. The maximum absolute atomic E-state index is 5.49. The summed E-state index contributed by atoms with van der Waals surface area (Å²) in [4.78, 5) is 0. The van der Waals surface area contributed by atoms with Gasteiger partial charge in [0.2, 0.25) is 0 Å². The van der Waals surface area contributed by atoms with E-state index >= 15 is 0 Å². The highest BCUT2D eigenvalue weighted by molar-refractivity contribution is 4.73. The van der Waals surface area contributed by atoms with E-state index in [1.54, 1.807) is 0 Å². The Hall–Kier alpha value is -0.0400. The van der Waals surface area contributed by atoms with Gasteiger partial charge >= 0.3 is 0 Å². The van der Waals surface area contributed by atoms with E-state index < -0.39 is 0 Å². The highest BCUT2D eigenvalue weighted by atomic mass is 16.5. The molecule has 0 atom stereocenters. The van der Waals surface area contributed by atoms with E-state index in [4.69, 9.17) is 4.74 Å². The zero-order valence-electron chi connectivity index (χ0n) is 10.1. The van der Waals surface area contributed by atoms with Gasteiger partial charge in [0, 0.05) is 13.2 Å². The summed E-state index contributed by atoms with van der Waals surface area (Å²) in [6, 6.07) is 0. The molecule has 0 aromatic carbocycles. The summed E-state index contributed by atoms with van der Waals surface area (Å²) >= 11 is 0. The summed E-state index contributed by atoms with van der Waals surface area (Å²) in [5.74, 6) is 2.75. The van der Waals surface area contributed by atoms with Crippen LogP contribution in [0.25, 0.3) is 0 Å². The predicted octanol–water partition coefficient (Wildman–Crippen LogP) is 3.88. The van der Waals surface area contributed by atoms with Crippen molar-refractivity contribution in [2.24, 2.45) is 17.8 Å². The van der Waals surface area contributed by atoms with Crippen LogP contribution in [0.3, 0.4) is 0 Å². The van der Waals surface area contributed by atoms with Crippen molar-refractivity contribution in [3.63, 3.8) is 0 Å². The first-order valence-corrected chi connectivity index (χ1v) is 6.30. The van der Waals surface area contributed by atoms with Crippen LogP contribution in [-0.2, 0) is 4.74 Å². The average Bonchev–Trinajstić information content (AvgIpc) is 2.16. The molecule has 0 unspecified atom stereocenters. The number of ether oxygens (including phenoxy) is 1. The molecule has 0 aromatic rings. The predicted molar refractivity (Wildman–Crippen MR) is 61.4 cm³/mol. The first kappa shape index (κ1) is 12.0. The molecule has 0 radical (unpaired) electrons. The number of hydrogen-bond donors (Lipinski definition) is 0. The second-order valence-corrected chi connectivity index (χ2v) is 5.18. The lowest BCUT2D eigenvalue weighted by atomic mass is 9.79. The van der Waals surface area contributed by atoms with Crippen LogP contribution in [0.15, 0.2) is 0 Å². The third-order valence-electron chi connectivity index (χ3n) is 3.33. The van der Waals surface area contributed by atoms with E-state index in [9.17, 15) is 0 Å². The summed E-state index contributed by atoms with van der Waals surface area (Å²) < 4.78 is 5.49. The lowest BCUT2D eigenvalue weighted by molar-refractivity contribution is 0.0841. The average molecular weight is 198 g/mol. The Bertz CT molecular complexity index is 134. The summed E-state index contributed by atoms with van der Waals surface area (Å²) in [6.07, 6.45) is 7.11. The fourth-order valence-corrected chi connectivity index (χ4v) is 2.59. The third-order valence-corrected chi connectivity index (χ3v) is 3.33. The van der Waals surface area contributed by atoms with Crippen LogP contribution in [-0.4, -0.2) is 13.2 Å². The number of hydrogen-bond acceptors (Lipinski definition) is 1. The van der Waals surface area contributed by atoms with E-state index in [2.05, 4.69) is 20.8 Å². The van der Waals surface area contributed by atoms with Gasteiger partial charge in [0.1, 0.15) is 0 Å². The number of rotatable bonds is 5. The lowest BCUT2D eigenvalue weighted by Crippen LogP contribution is -2.19. The van der Waals surface area contributed by atoms with Crippen LogP contribution in [0.4, 0.5) is 0 Å². The van der Waals surface area contributed by atoms with E-state index in [0.29, 0.717) is 0 Å². The summed E-state index contributed by atoms with van der Waals surface area (Å²) in [7, 11) is 0. The van der Waals surface area contributed by atoms with Crippen molar-refractivity contribution in [1.29, 1.82) is 0 Å². The van der Waals surface area contributed by atoms with Gasteiger partial charge < -0.3 is 4.74 Å². The molecule has 1 aliphatic rings. The Morgan fingerprint density at radius 1 is 1.07 bits per heavy atom. The minimum absolute atomic E-state index is 0.860. The molecule has 0 spiro atoms. The molecule has 1 nitrogen and oxygen atoms in total. The van der Waals surface area contributed by atoms with Gasteiger partial charge in [-0.2, -0.15) is 0 Å². The maximum Gasteiger partial charge on any atom is 0.0494 e. The Kier molecular flexibility index (Phi) is 5.54. The molecule has 1 rings (SSSR count). The zero-order valence-corrected chi connectivity index (χ0v) is 10.1. The lowest BCUT2D eigenvalue weighted by Gasteiger charge is -2.29. The molecule has 1 heteroatoms. The Morgan fingerprint density at radius 3 is 2.14 bits per heavy atom.